The SMILES string of the molecule is CCNC(=NCc1cccc(-c2ncn[nH]2)c1)N1CCN(c2ccccc2F)CC1.I. The van der Waals surface area contributed by atoms with Crippen LogP contribution in [0.2, 0.25) is 0 Å². The molecule has 1 fully saturated rings. The minimum absolute atomic E-state index is 0. The highest BCUT2D eigenvalue weighted by Crippen LogP contribution is 2.20. The number of anilines is 1. The van der Waals surface area contributed by atoms with Crippen molar-refractivity contribution in [1.82, 2.24) is 25.4 Å². The maximum atomic E-state index is 14.1. The Morgan fingerprint density at radius 1 is 1.13 bits per heavy atom. The van der Waals surface area contributed by atoms with E-state index in [1.54, 1.807) is 6.07 Å². The summed E-state index contributed by atoms with van der Waals surface area (Å²) in [6, 6.07) is 15.1. The van der Waals surface area contributed by atoms with Crippen molar-refractivity contribution >= 4 is 35.6 Å². The molecule has 0 bridgehead atoms. The number of hydrogen-bond acceptors (Lipinski definition) is 4. The van der Waals surface area contributed by atoms with Gasteiger partial charge in [-0.05, 0) is 30.7 Å². The molecule has 0 saturated carbocycles. The molecule has 164 valence electrons. The van der Waals surface area contributed by atoms with E-state index in [9.17, 15) is 4.39 Å². The zero-order chi connectivity index (χ0) is 20.8. The molecule has 1 saturated heterocycles. The minimum atomic E-state index is -0.168. The van der Waals surface area contributed by atoms with Crippen LogP contribution >= 0.6 is 24.0 Å². The van der Waals surface area contributed by atoms with Gasteiger partial charge in [-0.25, -0.2) is 14.4 Å². The van der Waals surface area contributed by atoms with E-state index in [1.165, 1.54) is 12.4 Å². The van der Waals surface area contributed by atoms with Crippen LogP contribution in [0, 0.1) is 5.82 Å². The topological polar surface area (TPSA) is 72.4 Å². The van der Waals surface area contributed by atoms with E-state index in [1.807, 2.05) is 24.3 Å². The van der Waals surface area contributed by atoms with Gasteiger partial charge >= 0.3 is 0 Å². The Morgan fingerprint density at radius 2 is 1.94 bits per heavy atom. The van der Waals surface area contributed by atoms with Gasteiger partial charge in [0.25, 0.3) is 0 Å². The van der Waals surface area contributed by atoms with Crippen molar-refractivity contribution in [3.8, 4) is 11.4 Å². The van der Waals surface area contributed by atoms with E-state index >= 15 is 0 Å². The third-order valence-corrected chi connectivity index (χ3v) is 5.13. The van der Waals surface area contributed by atoms with Gasteiger partial charge in [-0.15, -0.1) is 24.0 Å². The largest absolute Gasteiger partial charge is 0.366 e. The lowest BCUT2D eigenvalue weighted by Crippen LogP contribution is -2.52. The summed E-state index contributed by atoms with van der Waals surface area (Å²) in [5, 5.41) is 10.2. The van der Waals surface area contributed by atoms with Crippen molar-refractivity contribution < 1.29 is 4.39 Å². The second kappa shape index (κ2) is 11.1. The van der Waals surface area contributed by atoms with E-state index in [0.29, 0.717) is 12.2 Å². The summed E-state index contributed by atoms with van der Waals surface area (Å²) in [6.45, 7) is 6.52. The molecule has 31 heavy (non-hydrogen) atoms. The quantitative estimate of drug-likeness (QED) is 0.297. The zero-order valence-electron chi connectivity index (χ0n) is 17.5. The summed E-state index contributed by atoms with van der Waals surface area (Å²) in [5.41, 5.74) is 2.76. The monoisotopic (exact) mass is 535 g/mol. The van der Waals surface area contributed by atoms with Crippen molar-refractivity contribution in [3.05, 3.63) is 66.2 Å². The van der Waals surface area contributed by atoms with Crippen LogP contribution in [0.15, 0.2) is 59.9 Å². The molecule has 2 N–H and O–H groups in total. The number of aliphatic imine (C=N–C) groups is 1. The van der Waals surface area contributed by atoms with Gasteiger partial charge in [0, 0.05) is 38.3 Å². The lowest BCUT2D eigenvalue weighted by molar-refractivity contribution is 0.370. The fourth-order valence-corrected chi connectivity index (χ4v) is 3.62. The first-order chi connectivity index (χ1) is 14.7. The Balaban J connectivity index is 0.00000272. The standard InChI is InChI=1S/C22H26FN7.HI/c1-2-24-22(25-15-17-6-5-7-18(14-17)21-26-16-27-28-21)30-12-10-29(11-13-30)20-9-4-3-8-19(20)23;/h3-9,14,16H,2,10-13,15H2,1H3,(H,24,25)(H,26,27,28);1H. The van der Waals surface area contributed by atoms with E-state index in [-0.39, 0.29) is 29.8 Å². The van der Waals surface area contributed by atoms with E-state index in [2.05, 4.69) is 49.4 Å². The molecule has 2 aromatic carbocycles. The third kappa shape index (κ3) is 5.72. The first-order valence-corrected chi connectivity index (χ1v) is 10.2. The highest BCUT2D eigenvalue weighted by atomic mass is 127. The number of halogens is 2. The number of benzene rings is 2. The van der Waals surface area contributed by atoms with Gasteiger partial charge in [0.15, 0.2) is 11.8 Å². The smallest absolute Gasteiger partial charge is 0.194 e. The first-order valence-electron chi connectivity index (χ1n) is 10.2. The van der Waals surface area contributed by atoms with Crippen LogP contribution in [0.1, 0.15) is 12.5 Å². The molecule has 7 nitrogen and oxygen atoms in total. The van der Waals surface area contributed by atoms with Crippen LogP contribution < -0.4 is 10.2 Å². The second-order valence-corrected chi connectivity index (χ2v) is 7.13. The molecule has 1 aromatic heterocycles. The Hall–Kier alpha value is -2.69. The maximum Gasteiger partial charge on any atom is 0.194 e. The predicted octanol–water partition coefficient (Wildman–Crippen LogP) is 3.52. The summed E-state index contributed by atoms with van der Waals surface area (Å²) in [6.07, 6.45) is 1.50. The van der Waals surface area contributed by atoms with Crippen LogP contribution in [0.3, 0.4) is 0 Å². The number of piperazine rings is 1. The molecule has 0 atom stereocenters. The lowest BCUT2D eigenvalue weighted by atomic mass is 10.1. The molecule has 0 spiro atoms. The number of guanidine groups is 1. The average Bonchev–Trinajstić information content (AvgIpc) is 3.33. The third-order valence-electron chi connectivity index (χ3n) is 5.13. The summed E-state index contributed by atoms with van der Waals surface area (Å²) >= 11 is 0. The molecule has 0 unspecified atom stereocenters. The summed E-state index contributed by atoms with van der Waals surface area (Å²) < 4.78 is 14.1. The average molecular weight is 535 g/mol. The molecule has 4 rings (SSSR count). The van der Waals surface area contributed by atoms with E-state index in [0.717, 1.165) is 55.6 Å². The van der Waals surface area contributed by atoms with Crippen molar-refractivity contribution in [1.29, 1.82) is 0 Å². The first kappa shape index (κ1) is 23.0. The van der Waals surface area contributed by atoms with Gasteiger partial charge in [-0.1, -0.05) is 30.3 Å². The lowest BCUT2D eigenvalue weighted by Gasteiger charge is -2.37. The minimum Gasteiger partial charge on any atom is -0.366 e. The van der Waals surface area contributed by atoms with Crippen molar-refractivity contribution in [2.24, 2.45) is 4.99 Å². The van der Waals surface area contributed by atoms with Gasteiger partial charge in [-0.3, -0.25) is 5.10 Å². The molecule has 2 heterocycles. The Kier molecular flexibility index (Phi) is 8.21. The number of H-pyrrole nitrogens is 1. The highest BCUT2D eigenvalue weighted by Gasteiger charge is 2.21. The Bertz CT molecular complexity index is 985. The summed E-state index contributed by atoms with van der Waals surface area (Å²) in [7, 11) is 0. The van der Waals surface area contributed by atoms with Crippen molar-refractivity contribution in [2.45, 2.75) is 13.5 Å². The van der Waals surface area contributed by atoms with Gasteiger partial charge in [0.2, 0.25) is 0 Å². The normalized spacial score (nSPS) is 14.3. The number of nitrogens with zero attached hydrogens (tertiary/aromatic N) is 5. The zero-order valence-corrected chi connectivity index (χ0v) is 19.8. The molecule has 0 aliphatic carbocycles. The number of nitrogens with one attached hydrogen (secondary N) is 2. The Labute approximate surface area is 198 Å². The van der Waals surface area contributed by atoms with Crippen molar-refractivity contribution in [3.63, 3.8) is 0 Å². The highest BCUT2D eigenvalue weighted by molar-refractivity contribution is 14.0. The Morgan fingerprint density at radius 3 is 2.65 bits per heavy atom. The van der Waals surface area contributed by atoms with Crippen LogP contribution in [0.4, 0.5) is 10.1 Å². The summed E-state index contributed by atoms with van der Waals surface area (Å²) in [4.78, 5) is 13.4. The van der Waals surface area contributed by atoms with Crippen LogP contribution in [-0.2, 0) is 6.54 Å². The molecule has 9 heteroatoms. The van der Waals surface area contributed by atoms with Crippen LogP contribution in [-0.4, -0.2) is 58.8 Å². The van der Waals surface area contributed by atoms with Crippen LogP contribution in [0.25, 0.3) is 11.4 Å². The van der Waals surface area contributed by atoms with Gasteiger partial charge < -0.3 is 15.1 Å². The molecule has 1 aliphatic heterocycles. The number of hydrogen-bond donors (Lipinski definition) is 2. The number of para-hydroxylation sites is 1. The molecular formula is C22H27FIN7. The fourth-order valence-electron chi connectivity index (χ4n) is 3.62. The maximum absolute atomic E-state index is 14.1. The fraction of sp³-hybridized carbons (Fsp3) is 0.318. The van der Waals surface area contributed by atoms with Crippen LogP contribution in [0.5, 0.6) is 0 Å². The van der Waals surface area contributed by atoms with Gasteiger partial charge in [0.1, 0.15) is 12.1 Å². The number of aromatic nitrogens is 3. The van der Waals surface area contributed by atoms with Crippen molar-refractivity contribution in [2.75, 3.05) is 37.6 Å². The van der Waals surface area contributed by atoms with E-state index < -0.39 is 0 Å². The molecule has 0 radical (unpaired) electrons. The number of rotatable bonds is 5. The van der Waals surface area contributed by atoms with E-state index in [4.69, 9.17) is 4.99 Å². The molecule has 3 aromatic rings. The van der Waals surface area contributed by atoms with Gasteiger partial charge in [-0.2, -0.15) is 5.10 Å². The molecule has 0 amide bonds. The number of aromatic amines is 1. The molecular weight excluding hydrogens is 508 g/mol. The predicted molar refractivity (Wildman–Crippen MR) is 132 cm³/mol. The second-order valence-electron chi connectivity index (χ2n) is 7.13. The van der Waals surface area contributed by atoms with Gasteiger partial charge in [0.05, 0.1) is 12.2 Å². The molecule has 1 aliphatic rings. The summed E-state index contributed by atoms with van der Waals surface area (Å²) in [5.74, 6) is 1.46.